The van der Waals surface area contributed by atoms with Crippen LogP contribution in [0.2, 0.25) is 0 Å². The molecular weight excluding hydrogens is 247 g/mol. The Morgan fingerprint density at radius 3 is 2.28 bits per heavy atom. The fourth-order valence-electron chi connectivity index (χ4n) is 1.49. The van der Waals surface area contributed by atoms with E-state index in [2.05, 4.69) is 5.32 Å². The molecule has 1 N–H and O–H groups in total. The molecule has 0 aliphatic carbocycles. The van der Waals surface area contributed by atoms with Crippen molar-refractivity contribution in [2.75, 3.05) is 14.2 Å². The van der Waals surface area contributed by atoms with Gasteiger partial charge in [-0.25, -0.2) is 0 Å². The Morgan fingerprint density at radius 1 is 1.33 bits per heavy atom. The van der Waals surface area contributed by atoms with E-state index in [1.54, 1.807) is 0 Å². The molecule has 18 heavy (non-hydrogen) atoms. The van der Waals surface area contributed by atoms with Gasteiger partial charge in [-0.15, -0.1) is 0 Å². The van der Waals surface area contributed by atoms with Crippen LogP contribution >= 0.6 is 0 Å². The number of carbonyl (C=O) groups is 1. The number of ether oxygens (including phenoxy) is 1. The number of amides is 1. The summed E-state index contributed by atoms with van der Waals surface area (Å²) in [5, 5.41) is 2.43. The van der Waals surface area contributed by atoms with Gasteiger partial charge >= 0.3 is 6.18 Å². The van der Waals surface area contributed by atoms with Gasteiger partial charge in [0.15, 0.2) is 0 Å². The summed E-state index contributed by atoms with van der Waals surface area (Å²) in [6.45, 7) is 0. The van der Waals surface area contributed by atoms with E-state index in [0.29, 0.717) is 5.56 Å². The molecule has 100 valence electrons. The molecule has 0 spiro atoms. The molecule has 1 unspecified atom stereocenters. The fraction of sp³-hybridized carbons (Fsp3) is 0.417. The molecule has 0 bridgehead atoms. The third-order valence-electron chi connectivity index (χ3n) is 2.53. The number of benzene rings is 1. The average Bonchev–Trinajstić information content (AvgIpc) is 2.34. The normalized spacial score (nSPS) is 13.2. The summed E-state index contributed by atoms with van der Waals surface area (Å²) < 4.78 is 42.0. The van der Waals surface area contributed by atoms with E-state index in [1.165, 1.54) is 26.3 Å². The molecule has 1 rings (SSSR count). The van der Waals surface area contributed by atoms with Gasteiger partial charge in [-0.2, -0.15) is 13.2 Å². The number of nitrogens with one attached hydrogen (secondary N) is 1. The van der Waals surface area contributed by atoms with Crippen LogP contribution < -0.4 is 5.32 Å². The van der Waals surface area contributed by atoms with Gasteiger partial charge in [0.05, 0.1) is 5.56 Å². The first-order chi connectivity index (χ1) is 8.38. The van der Waals surface area contributed by atoms with Crippen molar-refractivity contribution < 1.29 is 22.7 Å². The number of methoxy groups -OCH3 is 1. The third-order valence-corrected chi connectivity index (χ3v) is 2.53. The van der Waals surface area contributed by atoms with Crippen LogP contribution in [0.1, 0.15) is 11.1 Å². The lowest BCUT2D eigenvalue weighted by atomic mass is 10.1. The number of carbonyl (C=O) groups excluding carboxylic acids is 1. The quantitative estimate of drug-likeness (QED) is 0.900. The number of hydrogen-bond acceptors (Lipinski definition) is 2. The second-order valence-electron chi connectivity index (χ2n) is 3.74. The minimum absolute atomic E-state index is 0.230. The Morgan fingerprint density at radius 2 is 1.89 bits per heavy atom. The second kappa shape index (κ2) is 5.86. The van der Waals surface area contributed by atoms with Crippen molar-refractivity contribution in [3.63, 3.8) is 0 Å². The van der Waals surface area contributed by atoms with E-state index >= 15 is 0 Å². The molecule has 6 heteroatoms. The highest BCUT2D eigenvalue weighted by Gasteiger charge is 2.30. The third kappa shape index (κ3) is 3.73. The topological polar surface area (TPSA) is 38.3 Å². The summed E-state index contributed by atoms with van der Waals surface area (Å²) >= 11 is 0. The summed E-state index contributed by atoms with van der Waals surface area (Å²) in [4.78, 5) is 11.4. The van der Waals surface area contributed by atoms with Gasteiger partial charge in [0, 0.05) is 20.6 Å². The smallest absolute Gasteiger partial charge is 0.371 e. The van der Waals surface area contributed by atoms with Crippen molar-refractivity contribution in [3.05, 3.63) is 35.4 Å². The molecule has 0 saturated heterocycles. The molecule has 1 aromatic rings. The highest BCUT2D eigenvalue weighted by Crippen LogP contribution is 2.29. The van der Waals surface area contributed by atoms with Crippen LogP contribution in [-0.4, -0.2) is 26.2 Å². The van der Waals surface area contributed by atoms with E-state index in [-0.39, 0.29) is 12.3 Å². The first-order valence-corrected chi connectivity index (χ1v) is 5.29. The van der Waals surface area contributed by atoms with Crippen molar-refractivity contribution >= 4 is 5.91 Å². The molecular formula is C12H14F3NO2. The van der Waals surface area contributed by atoms with E-state index in [0.717, 1.165) is 12.1 Å². The van der Waals surface area contributed by atoms with Crippen molar-refractivity contribution in [1.82, 2.24) is 5.32 Å². The van der Waals surface area contributed by atoms with Gasteiger partial charge < -0.3 is 10.1 Å². The van der Waals surface area contributed by atoms with Crippen molar-refractivity contribution in [3.8, 4) is 0 Å². The highest BCUT2D eigenvalue weighted by molar-refractivity contribution is 5.80. The Balaban J connectivity index is 2.77. The lowest BCUT2D eigenvalue weighted by Gasteiger charge is -2.14. The lowest BCUT2D eigenvalue weighted by Crippen LogP contribution is -2.34. The van der Waals surface area contributed by atoms with Gasteiger partial charge in [0.25, 0.3) is 0 Å². The van der Waals surface area contributed by atoms with Gasteiger partial charge in [-0.3, -0.25) is 4.79 Å². The maximum Gasteiger partial charge on any atom is 0.416 e. The molecule has 0 radical (unpaired) electrons. The first kappa shape index (κ1) is 14.5. The standard InChI is InChI=1S/C12H14F3NO2/c1-16-11(17)10(18-2)7-8-3-5-9(6-4-8)12(13,14)15/h3-6,10H,7H2,1-2H3,(H,16,17). The molecule has 0 saturated carbocycles. The maximum absolute atomic E-state index is 12.3. The number of likely N-dealkylation sites (N-methyl/N-ethyl adjacent to an activating group) is 1. The molecule has 0 heterocycles. The summed E-state index contributed by atoms with van der Waals surface area (Å²) in [5.74, 6) is -0.308. The van der Waals surface area contributed by atoms with Crippen molar-refractivity contribution in [2.24, 2.45) is 0 Å². The largest absolute Gasteiger partial charge is 0.416 e. The Kier molecular flexibility index (Phi) is 4.72. The summed E-state index contributed by atoms with van der Waals surface area (Å²) in [6.07, 6.45) is -4.82. The lowest BCUT2D eigenvalue weighted by molar-refractivity contribution is -0.137. The minimum Gasteiger partial charge on any atom is -0.371 e. The van der Waals surface area contributed by atoms with E-state index < -0.39 is 17.8 Å². The zero-order chi connectivity index (χ0) is 13.8. The molecule has 3 nitrogen and oxygen atoms in total. The monoisotopic (exact) mass is 261 g/mol. The molecule has 0 aliphatic heterocycles. The summed E-state index contributed by atoms with van der Waals surface area (Å²) in [5.41, 5.74) is -0.0985. The van der Waals surface area contributed by atoms with Crippen molar-refractivity contribution in [2.45, 2.75) is 18.7 Å². The Labute approximate surface area is 103 Å². The van der Waals surface area contributed by atoms with Crippen molar-refractivity contribution in [1.29, 1.82) is 0 Å². The number of halogens is 3. The summed E-state index contributed by atoms with van der Waals surface area (Å²) in [7, 11) is 2.85. The maximum atomic E-state index is 12.3. The van der Waals surface area contributed by atoms with Crippen LogP contribution in [0.3, 0.4) is 0 Å². The number of alkyl halides is 3. The zero-order valence-electron chi connectivity index (χ0n) is 10.0. The fourth-order valence-corrected chi connectivity index (χ4v) is 1.49. The van der Waals surface area contributed by atoms with Gasteiger partial charge in [-0.05, 0) is 17.7 Å². The van der Waals surface area contributed by atoms with Crippen LogP contribution in [-0.2, 0) is 22.1 Å². The Hall–Kier alpha value is -1.56. The van der Waals surface area contributed by atoms with Gasteiger partial charge in [0.1, 0.15) is 6.10 Å². The molecule has 1 aromatic carbocycles. The molecule has 0 fully saturated rings. The van der Waals surface area contributed by atoms with Crippen LogP contribution in [0, 0.1) is 0 Å². The predicted octanol–water partition coefficient (Wildman–Crippen LogP) is 2.01. The molecule has 0 aliphatic rings. The predicted molar refractivity (Wildman–Crippen MR) is 60.0 cm³/mol. The van der Waals surface area contributed by atoms with Crippen LogP contribution in [0.5, 0.6) is 0 Å². The Bertz CT molecular complexity index is 401. The average molecular weight is 261 g/mol. The minimum atomic E-state index is -4.35. The second-order valence-corrected chi connectivity index (χ2v) is 3.74. The van der Waals surface area contributed by atoms with E-state index in [9.17, 15) is 18.0 Å². The molecule has 0 aromatic heterocycles. The number of hydrogen-bond donors (Lipinski definition) is 1. The van der Waals surface area contributed by atoms with E-state index in [4.69, 9.17) is 4.74 Å². The SMILES string of the molecule is CNC(=O)C(Cc1ccc(C(F)(F)F)cc1)OC. The molecule has 1 atom stereocenters. The molecule has 1 amide bonds. The van der Waals surface area contributed by atoms with E-state index in [1.807, 2.05) is 0 Å². The van der Waals surface area contributed by atoms with Crippen LogP contribution in [0.15, 0.2) is 24.3 Å². The highest BCUT2D eigenvalue weighted by atomic mass is 19.4. The van der Waals surface area contributed by atoms with Crippen LogP contribution in [0.25, 0.3) is 0 Å². The first-order valence-electron chi connectivity index (χ1n) is 5.29. The summed E-state index contributed by atoms with van der Waals surface area (Å²) in [6, 6.07) is 4.67. The van der Waals surface area contributed by atoms with Gasteiger partial charge in [0.2, 0.25) is 5.91 Å². The van der Waals surface area contributed by atoms with Gasteiger partial charge in [-0.1, -0.05) is 12.1 Å². The number of rotatable bonds is 4. The van der Waals surface area contributed by atoms with Crippen LogP contribution in [0.4, 0.5) is 13.2 Å². The zero-order valence-corrected chi connectivity index (χ0v) is 10.0.